The fourth-order valence-electron chi connectivity index (χ4n) is 4.11. The maximum atomic E-state index is 13.1. The fourth-order valence-corrected chi connectivity index (χ4v) is 4.11. The summed E-state index contributed by atoms with van der Waals surface area (Å²) in [6.07, 6.45) is 1.94. The van der Waals surface area contributed by atoms with E-state index in [1.54, 1.807) is 6.08 Å². The molecule has 27 heavy (non-hydrogen) atoms. The molecule has 134 valence electrons. The third-order valence-electron chi connectivity index (χ3n) is 5.23. The summed E-state index contributed by atoms with van der Waals surface area (Å²) >= 11 is 0. The van der Waals surface area contributed by atoms with Gasteiger partial charge in [-0.25, -0.2) is 4.98 Å². The molecule has 0 amide bonds. The number of Topliss-reactive ketones (excluding diaryl/α,β-unsaturated/α-hetero) is 2. The van der Waals surface area contributed by atoms with Crippen LogP contribution in [0.1, 0.15) is 40.3 Å². The summed E-state index contributed by atoms with van der Waals surface area (Å²) < 4.78 is 0. The highest BCUT2D eigenvalue weighted by atomic mass is 16.2. The second-order valence-electron chi connectivity index (χ2n) is 7.35. The SMILES string of the molecule is Cc1cc(C)c(C2C(=O)CC(=Cc3ccc4ccccc4n3)C2=O)c(C)c1. The molecule has 1 fully saturated rings. The number of aromatic nitrogens is 1. The number of carbonyl (C=O) groups excluding carboxylic acids is 2. The Morgan fingerprint density at radius 1 is 0.963 bits per heavy atom. The van der Waals surface area contributed by atoms with E-state index in [9.17, 15) is 9.59 Å². The summed E-state index contributed by atoms with van der Waals surface area (Å²) in [5.41, 5.74) is 6.15. The van der Waals surface area contributed by atoms with Gasteiger partial charge in [0.15, 0.2) is 11.6 Å². The van der Waals surface area contributed by atoms with Crippen LogP contribution in [-0.2, 0) is 9.59 Å². The first-order chi connectivity index (χ1) is 12.9. The van der Waals surface area contributed by atoms with Crippen LogP contribution >= 0.6 is 0 Å². The number of hydrogen-bond acceptors (Lipinski definition) is 3. The van der Waals surface area contributed by atoms with Gasteiger partial charge in [0.1, 0.15) is 5.92 Å². The maximum Gasteiger partial charge on any atom is 0.174 e. The van der Waals surface area contributed by atoms with Crippen molar-refractivity contribution in [2.75, 3.05) is 0 Å². The second-order valence-corrected chi connectivity index (χ2v) is 7.35. The second kappa shape index (κ2) is 6.58. The van der Waals surface area contributed by atoms with Crippen LogP contribution in [0.5, 0.6) is 0 Å². The van der Waals surface area contributed by atoms with Crippen molar-refractivity contribution in [3.8, 4) is 0 Å². The molecule has 3 nitrogen and oxygen atoms in total. The quantitative estimate of drug-likeness (QED) is 0.487. The molecule has 3 aromatic rings. The lowest BCUT2D eigenvalue weighted by atomic mass is 9.87. The van der Waals surface area contributed by atoms with E-state index in [4.69, 9.17) is 0 Å². The summed E-state index contributed by atoms with van der Waals surface area (Å²) in [6, 6.07) is 15.8. The van der Waals surface area contributed by atoms with Gasteiger partial charge in [-0.3, -0.25) is 9.59 Å². The molecule has 4 rings (SSSR count). The molecule has 0 N–H and O–H groups in total. The third-order valence-corrected chi connectivity index (χ3v) is 5.23. The van der Waals surface area contributed by atoms with E-state index in [-0.39, 0.29) is 18.0 Å². The number of nitrogens with zero attached hydrogens (tertiary/aromatic N) is 1. The zero-order chi connectivity index (χ0) is 19.1. The van der Waals surface area contributed by atoms with E-state index in [1.165, 1.54) is 0 Å². The number of rotatable bonds is 2. The largest absolute Gasteiger partial charge is 0.298 e. The Morgan fingerprint density at radius 2 is 1.67 bits per heavy atom. The summed E-state index contributed by atoms with van der Waals surface area (Å²) in [6.45, 7) is 5.98. The molecule has 1 atom stereocenters. The van der Waals surface area contributed by atoms with Crippen LogP contribution in [0.4, 0.5) is 0 Å². The molecule has 0 radical (unpaired) electrons. The molecule has 3 heteroatoms. The number of pyridine rings is 1. The Balaban J connectivity index is 1.73. The first-order valence-electron chi connectivity index (χ1n) is 9.15. The van der Waals surface area contributed by atoms with Gasteiger partial charge in [0.05, 0.1) is 11.2 Å². The van der Waals surface area contributed by atoms with Crippen LogP contribution in [-0.4, -0.2) is 16.6 Å². The topological polar surface area (TPSA) is 47.0 Å². The number of carbonyl (C=O) groups is 2. The Kier molecular flexibility index (Phi) is 4.23. The molecule has 1 saturated carbocycles. The minimum Gasteiger partial charge on any atom is -0.298 e. The zero-order valence-corrected chi connectivity index (χ0v) is 15.7. The maximum absolute atomic E-state index is 13.1. The van der Waals surface area contributed by atoms with Crippen molar-refractivity contribution in [2.45, 2.75) is 33.1 Å². The van der Waals surface area contributed by atoms with Crippen molar-refractivity contribution in [2.24, 2.45) is 0 Å². The summed E-state index contributed by atoms with van der Waals surface area (Å²) in [5, 5.41) is 1.05. The minimum atomic E-state index is -0.683. The Bertz CT molecular complexity index is 1100. The lowest BCUT2D eigenvalue weighted by Crippen LogP contribution is -2.15. The van der Waals surface area contributed by atoms with Gasteiger partial charge in [-0.2, -0.15) is 0 Å². The van der Waals surface area contributed by atoms with Gasteiger partial charge in [0.25, 0.3) is 0 Å². The molecule has 0 spiro atoms. The van der Waals surface area contributed by atoms with Crippen LogP contribution in [0, 0.1) is 20.8 Å². The van der Waals surface area contributed by atoms with E-state index in [2.05, 4.69) is 4.98 Å². The van der Waals surface area contributed by atoms with Crippen LogP contribution < -0.4 is 0 Å². The first kappa shape index (κ1) is 17.3. The Morgan fingerprint density at radius 3 is 2.41 bits per heavy atom. The highest BCUT2D eigenvalue weighted by Crippen LogP contribution is 2.36. The average Bonchev–Trinajstić information content (AvgIpc) is 2.88. The van der Waals surface area contributed by atoms with Crippen molar-refractivity contribution in [1.82, 2.24) is 4.98 Å². The molecule has 2 aromatic carbocycles. The Labute approximate surface area is 158 Å². The van der Waals surface area contributed by atoms with E-state index in [0.29, 0.717) is 11.3 Å². The standard InChI is InChI=1S/C24H21NO2/c1-14-10-15(2)22(16(3)11-14)23-21(26)13-18(24(23)27)12-19-9-8-17-6-4-5-7-20(17)25-19/h4-12,23H,13H2,1-3H3. The van der Waals surface area contributed by atoms with Gasteiger partial charge >= 0.3 is 0 Å². The van der Waals surface area contributed by atoms with Crippen molar-refractivity contribution >= 4 is 28.5 Å². The molecule has 1 aliphatic rings. The molecule has 0 aliphatic heterocycles. The smallest absolute Gasteiger partial charge is 0.174 e. The van der Waals surface area contributed by atoms with E-state index < -0.39 is 5.92 Å². The zero-order valence-electron chi connectivity index (χ0n) is 15.7. The molecule has 0 saturated heterocycles. The predicted octanol–water partition coefficient (Wildman–Crippen LogP) is 4.87. The molecule has 1 aromatic heterocycles. The molecule has 0 bridgehead atoms. The van der Waals surface area contributed by atoms with Gasteiger partial charge in [-0.1, -0.05) is 42.0 Å². The Hall–Kier alpha value is -3.07. The average molecular weight is 355 g/mol. The summed E-state index contributed by atoms with van der Waals surface area (Å²) in [7, 11) is 0. The number of aryl methyl sites for hydroxylation is 3. The number of allylic oxidation sites excluding steroid dienone is 1. The van der Waals surface area contributed by atoms with Crippen LogP contribution in [0.25, 0.3) is 17.0 Å². The van der Waals surface area contributed by atoms with Gasteiger partial charge in [-0.15, -0.1) is 0 Å². The molecule has 1 heterocycles. The minimum absolute atomic E-state index is 0.0258. The number of ketones is 2. The summed E-state index contributed by atoms with van der Waals surface area (Å²) in [5.74, 6) is -0.801. The van der Waals surface area contributed by atoms with Gasteiger partial charge in [0.2, 0.25) is 0 Å². The molecule has 1 aliphatic carbocycles. The van der Waals surface area contributed by atoms with Gasteiger partial charge in [0, 0.05) is 17.4 Å². The first-order valence-corrected chi connectivity index (χ1v) is 9.15. The van der Waals surface area contributed by atoms with Crippen LogP contribution in [0.2, 0.25) is 0 Å². The molecular formula is C24H21NO2. The number of fused-ring (bicyclic) bond motifs is 1. The van der Waals surface area contributed by atoms with Crippen LogP contribution in [0.3, 0.4) is 0 Å². The van der Waals surface area contributed by atoms with Gasteiger partial charge < -0.3 is 0 Å². The van der Waals surface area contributed by atoms with E-state index in [0.717, 1.165) is 33.2 Å². The van der Waals surface area contributed by atoms with Crippen molar-refractivity contribution in [3.05, 3.63) is 82.1 Å². The van der Waals surface area contributed by atoms with Crippen molar-refractivity contribution in [1.29, 1.82) is 0 Å². The van der Waals surface area contributed by atoms with Crippen molar-refractivity contribution < 1.29 is 9.59 Å². The highest BCUT2D eigenvalue weighted by Gasteiger charge is 2.39. The van der Waals surface area contributed by atoms with E-state index >= 15 is 0 Å². The monoisotopic (exact) mass is 355 g/mol. The lowest BCUT2D eigenvalue weighted by molar-refractivity contribution is -0.123. The number of hydrogen-bond donors (Lipinski definition) is 0. The predicted molar refractivity (Wildman–Crippen MR) is 108 cm³/mol. The lowest BCUT2D eigenvalue weighted by Gasteiger charge is -2.15. The summed E-state index contributed by atoms with van der Waals surface area (Å²) in [4.78, 5) is 30.4. The van der Waals surface area contributed by atoms with Crippen molar-refractivity contribution in [3.63, 3.8) is 0 Å². The van der Waals surface area contributed by atoms with Gasteiger partial charge in [-0.05, 0) is 55.7 Å². The highest BCUT2D eigenvalue weighted by molar-refractivity contribution is 6.24. The van der Waals surface area contributed by atoms with E-state index in [1.807, 2.05) is 69.3 Å². The molecular weight excluding hydrogens is 334 g/mol. The normalized spacial score (nSPS) is 18.6. The fraction of sp³-hybridized carbons (Fsp3) is 0.208. The molecule has 1 unspecified atom stereocenters. The van der Waals surface area contributed by atoms with Crippen LogP contribution in [0.15, 0.2) is 54.1 Å². The number of benzene rings is 2. The number of para-hydroxylation sites is 1. The third kappa shape index (κ3) is 3.10.